The number of aromatic nitrogens is 2. The Labute approximate surface area is 102 Å². The molecule has 0 saturated heterocycles. The van der Waals surface area contributed by atoms with Gasteiger partial charge in [-0.15, -0.1) is 13.2 Å². The van der Waals surface area contributed by atoms with Crippen LogP contribution >= 0.6 is 15.9 Å². The van der Waals surface area contributed by atoms with Crippen LogP contribution in [0.15, 0.2) is 16.7 Å². The van der Waals surface area contributed by atoms with E-state index in [1.807, 2.05) is 0 Å². The first-order chi connectivity index (χ1) is 7.78. The largest absolute Gasteiger partial charge is 0.573 e. The van der Waals surface area contributed by atoms with Gasteiger partial charge in [0.05, 0.1) is 5.69 Å². The van der Waals surface area contributed by atoms with Crippen LogP contribution in [-0.2, 0) is 0 Å². The Bertz CT molecular complexity index is 579. The van der Waals surface area contributed by atoms with Crippen LogP contribution in [0.4, 0.5) is 19.0 Å². The van der Waals surface area contributed by atoms with E-state index in [1.165, 1.54) is 16.7 Å². The Balaban J connectivity index is 2.66. The highest BCUT2D eigenvalue weighted by Crippen LogP contribution is 2.31. The number of hydrogen-bond acceptors (Lipinski definition) is 3. The van der Waals surface area contributed by atoms with Gasteiger partial charge in [0.1, 0.15) is 5.82 Å². The van der Waals surface area contributed by atoms with Crippen molar-refractivity contribution in [2.24, 2.45) is 0 Å². The van der Waals surface area contributed by atoms with Crippen LogP contribution < -0.4 is 10.5 Å². The predicted octanol–water partition coefficient (Wildman–Crippen LogP) is 2.89. The van der Waals surface area contributed by atoms with Crippen molar-refractivity contribution in [1.29, 1.82) is 0 Å². The van der Waals surface area contributed by atoms with Crippen LogP contribution in [0.1, 0.15) is 5.69 Å². The maximum absolute atomic E-state index is 12.2. The summed E-state index contributed by atoms with van der Waals surface area (Å²) in [6.45, 7) is 1.60. The van der Waals surface area contributed by atoms with Crippen LogP contribution in [0.2, 0.25) is 0 Å². The van der Waals surface area contributed by atoms with Crippen LogP contribution in [0, 0.1) is 6.92 Å². The van der Waals surface area contributed by atoms with Gasteiger partial charge in [-0.1, -0.05) is 0 Å². The molecule has 0 unspecified atom stereocenters. The Morgan fingerprint density at radius 3 is 2.71 bits per heavy atom. The molecule has 0 radical (unpaired) electrons. The third-order valence-corrected chi connectivity index (χ3v) is 2.53. The molecule has 8 heteroatoms. The minimum Gasteiger partial charge on any atom is -0.402 e. The van der Waals surface area contributed by atoms with Crippen molar-refractivity contribution in [2.75, 3.05) is 5.73 Å². The van der Waals surface area contributed by atoms with Gasteiger partial charge in [0.2, 0.25) is 0 Å². The van der Waals surface area contributed by atoms with Crippen molar-refractivity contribution in [3.05, 3.63) is 22.4 Å². The molecule has 17 heavy (non-hydrogen) atoms. The highest BCUT2D eigenvalue weighted by molar-refractivity contribution is 9.10. The first-order valence-corrected chi connectivity index (χ1v) is 5.26. The summed E-state index contributed by atoms with van der Waals surface area (Å²) < 4.78 is 42.2. The maximum Gasteiger partial charge on any atom is 0.573 e. The van der Waals surface area contributed by atoms with Crippen molar-refractivity contribution in [3.8, 4) is 5.75 Å². The Kier molecular flexibility index (Phi) is 2.69. The molecule has 92 valence electrons. The first-order valence-electron chi connectivity index (χ1n) is 4.47. The predicted molar refractivity (Wildman–Crippen MR) is 58.7 cm³/mol. The van der Waals surface area contributed by atoms with Gasteiger partial charge in [-0.2, -0.15) is 0 Å². The van der Waals surface area contributed by atoms with Gasteiger partial charge in [0, 0.05) is 16.7 Å². The minimum absolute atomic E-state index is 0.0283. The molecular formula is C9H7BrF3N3O. The monoisotopic (exact) mass is 309 g/mol. The van der Waals surface area contributed by atoms with E-state index in [1.54, 1.807) is 6.92 Å². The van der Waals surface area contributed by atoms with Crippen LogP contribution in [0.5, 0.6) is 5.75 Å². The summed E-state index contributed by atoms with van der Waals surface area (Å²) in [5, 5.41) is 0. The fourth-order valence-corrected chi connectivity index (χ4v) is 1.83. The second-order valence-electron chi connectivity index (χ2n) is 3.35. The fraction of sp³-hybridized carbons (Fsp3) is 0.222. The van der Waals surface area contributed by atoms with Crippen molar-refractivity contribution in [3.63, 3.8) is 0 Å². The molecule has 0 amide bonds. The number of rotatable bonds is 1. The topological polar surface area (TPSA) is 52.5 Å². The average molecular weight is 310 g/mol. The number of nitrogens with two attached hydrogens (primary N) is 1. The molecule has 2 aromatic heterocycles. The maximum atomic E-state index is 12.2. The number of aryl methyl sites for hydroxylation is 1. The lowest BCUT2D eigenvalue weighted by molar-refractivity contribution is -0.274. The number of anilines is 1. The summed E-state index contributed by atoms with van der Waals surface area (Å²) in [6, 6.07) is 1.19. The SMILES string of the molecule is Cc1nc2c(OC(F)(F)F)cc(Br)cn2c1N. The molecule has 2 N–H and O–H groups in total. The summed E-state index contributed by atoms with van der Waals surface area (Å²) in [5.74, 6) is -0.125. The van der Waals surface area contributed by atoms with Crippen LogP contribution in [-0.4, -0.2) is 15.7 Å². The summed E-state index contributed by atoms with van der Waals surface area (Å²) in [5.41, 5.74) is 6.15. The number of pyridine rings is 1. The number of fused-ring (bicyclic) bond motifs is 1. The second kappa shape index (κ2) is 3.80. The molecule has 4 nitrogen and oxygen atoms in total. The molecule has 0 aliphatic carbocycles. The fourth-order valence-electron chi connectivity index (χ4n) is 1.41. The minimum atomic E-state index is -4.77. The smallest absolute Gasteiger partial charge is 0.402 e. The van der Waals surface area contributed by atoms with Crippen molar-refractivity contribution in [1.82, 2.24) is 9.38 Å². The van der Waals surface area contributed by atoms with Gasteiger partial charge >= 0.3 is 6.36 Å². The zero-order valence-electron chi connectivity index (χ0n) is 8.55. The molecule has 2 aromatic rings. The van der Waals surface area contributed by atoms with E-state index in [2.05, 4.69) is 25.7 Å². The van der Waals surface area contributed by atoms with E-state index in [4.69, 9.17) is 5.73 Å². The first kappa shape index (κ1) is 12.0. The number of nitrogen functional groups attached to an aromatic ring is 1. The number of imidazole rings is 1. The molecular weight excluding hydrogens is 303 g/mol. The Hall–Kier alpha value is -1.44. The normalized spacial score (nSPS) is 12.1. The lowest BCUT2D eigenvalue weighted by Gasteiger charge is -2.10. The third kappa shape index (κ3) is 2.31. The van der Waals surface area contributed by atoms with E-state index in [-0.39, 0.29) is 11.5 Å². The van der Waals surface area contributed by atoms with Crippen molar-refractivity contribution < 1.29 is 17.9 Å². The van der Waals surface area contributed by atoms with Gasteiger partial charge in [0.15, 0.2) is 11.4 Å². The summed E-state index contributed by atoms with van der Waals surface area (Å²) in [6.07, 6.45) is -3.25. The lowest BCUT2D eigenvalue weighted by atomic mass is 10.4. The number of nitrogens with zero attached hydrogens (tertiary/aromatic N) is 2. The van der Waals surface area contributed by atoms with Gasteiger partial charge < -0.3 is 10.5 Å². The van der Waals surface area contributed by atoms with Crippen LogP contribution in [0.3, 0.4) is 0 Å². The standard InChI is InChI=1S/C9H7BrF3N3O/c1-4-7(14)16-3-5(10)2-6(8(16)15-4)17-9(11,12)13/h2-3H,14H2,1H3. The zero-order chi connectivity index (χ0) is 12.8. The van der Waals surface area contributed by atoms with E-state index in [0.717, 1.165) is 0 Å². The average Bonchev–Trinajstić information content (AvgIpc) is 2.43. The van der Waals surface area contributed by atoms with Gasteiger partial charge in [-0.3, -0.25) is 4.40 Å². The molecule has 2 heterocycles. The van der Waals surface area contributed by atoms with E-state index in [9.17, 15) is 13.2 Å². The molecule has 0 fully saturated rings. The van der Waals surface area contributed by atoms with Crippen molar-refractivity contribution in [2.45, 2.75) is 13.3 Å². The molecule has 2 rings (SSSR count). The third-order valence-electron chi connectivity index (χ3n) is 2.10. The second-order valence-corrected chi connectivity index (χ2v) is 4.26. The van der Waals surface area contributed by atoms with E-state index < -0.39 is 12.1 Å². The Morgan fingerprint density at radius 2 is 2.12 bits per heavy atom. The van der Waals surface area contributed by atoms with Gasteiger partial charge in [0.25, 0.3) is 0 Å². The summed E-state index contributed by atoms with van der Waals surface area (Å²) >= 11 is 3.08. The molecule has 0 aliphatic heterocycles. The summed E-state index contributed by atoms with van der Waals surface area (Å²) in [7, 11) is 0. The van der Waals surface area contributed by atoms with E-state index in [0.29, 0.717) is 10.2 Å². The molecule has 0 spiro atoms. The highest BCUT2D eigenvalue weighted by Gasteiger charge is 2.32. The lowest BCUT2D eigenvalue weighted by Crippen LogP contribution is -2.17. The van der Waals surface area contributed by atoms with Gasteiger partial charge in [-0.05, 0) is 22.9 Å². The highest BCUT2D eigenvalue weighted by atomic mass is 79.9. The molecule has 0 bridgehead atoms. The summed E-state index contributed by atoms with van der Waals surface area (Å²) in [4.78, 5) is 3.93. The number of alkyl halides is 3. The quantitative estimate of drug-likeness (QED) is 0.881. The molecule has 0 aliphatic rings. The molecule has 0 atom stereocenters. The molecule has 0 saturated carbocycles. The number of halogens is 4. The Morgan fingerprint density at radius 1 is 1.47 bits per heavy atom. The van der Waals surface area contributed by atoms with Crippen molar-refractivity contribution >= 4 is 27.4 Å². The van der Waals surface area contributed by atoms with Crippen LogP contribution in [0.25, 0.3) is 5.65 Å². The number of ether oxygens (including phenoxy) is 1. The zero-order valence-corrected chi connectivity index (χ0v) is 10.1. The van der Waals surface area contributed by atoms with Gasteiger partial charge in [-0.25, -0.2) is 4.98 Å². The number of hydrogen-bond donors (Lipinski definition) is 1. The van der Waals surface area contributed by atoms with E-state index >= 15 is 0 Å². The molecule has 0 aromatic carbocycles.